The van der Waals surface area contributed by atoms with Crippen LogP contribution < -0.4 is 0 Å². The summed E-state index contributed by atoms with van der Waals surface area (Å²) in [7, 11) is 0. The fourth-order valence-corrected chi connectivity index (χ4v) is 1.37. The fourth-order valence-electron chi connectivity index (χ4n) is 1.37. The molecule has 2 heterocycles. The standard InChI is InChI=1S/C9H11N3/c1-6(2)8-9-7(3-4-10-9)11-5-12-8/h4-6H,3H2,1-2H3. The fraction of sp³-hybridized carbons (Fsp3) is 0.444. The molecule has 0 aromatic carbocycles. The second kappa shape index (κ2) is 2.66. The summed E-state index contributed by atoms with van der Waals surface area (Å²) >= 11 is 0. The van der Waals surface area contributed by atoms with Gasteiger partial charge in [-0.15, -0.1) is 0 Å². The van der Waals surface area contributed by atoms with E-state index >= 15 is 0 Å². The van der Waals surface area contributed by atoms with Crippen LogP contribution in [0.2, 0.25) is 0 Å². The first-order valence-electron chi connectivity index (χ1n) is 4.15. The van der Waals surface area contributed by atoms with E-state index in [0.717, 1.165) is 23.5 Å². The Kier molecular flexibility index (Phi) is 1.64. The number of hydrogen-bond acceptors (Lipinski definition) is 3. The Hall–Kier alpha value is -1.25. The van der Waals surface area contributed by atoms with Crippen LogP contribution in [0.25, 0.3) is 0 Å². The van der Waals surface area contributed by atoms with Crippen LogP contribution in [-0.2, 0) is 6.42 Å². The van der Waals surface area contributed by atoms with E-state index in [9.17, 15) is 0 Å². The average molecular weight is 161 g/mol. The van der Waals surface area contributed by atoms with Gasteiger partial charge in [0.2, 0.25) is 0 Å². The van der Waals surface area contributed by atoms with Gasteiger partial charge in [0, 0.05) is 12.6 Å². The molecule has 0 spiro atoms. The van der Waals surface area contributed by atoms with E-state index in [2.05, 4.69) is 28.8 Å². The molecule has 0 radical (unpaired) electrons. The van der Waals surface area contributed by atoms with Crippen LogP contribution in [0, 0.1) is 0 Å². The van der Waals surface area contributed by atoms with Gasteiger partial charge >= 0.3 is 0 Å². The Bertz CT molecular complexity index is 329. The van der Waals surface area contributed by atoms with Crippen molar-refractivity contribution in [2.75, 3.05) is 0 Å². The van der Waals surface area contributed by atoms with Crippen LogP contribution >= 0.6 is 0 Å². The van der Waals surface area contributed by atoms with E-state index in [1.165, 1.54) is 0 Å². The van der Waals surface area contributed by atoms with Gasteiger partial charge in [-0.2, -0.15) is 0 Å². The summed E-state index contributed by atoms with van der Waals surface area (Å²) in [6.45, 7) is 4.24. The van der Waals surface area contributed by atoms with Crippen molar-refractivity contribution in [1.82, 2.24) is 9.97 Å². The summed E-state index contributed by atoms with van der Waals surface area (Å²) in [6, 6.07) is 0. The number of aromatic nitrogens is 2. The van der Waals surface area contributed by atoms with Crippen molar-refractivity contribution in [3.63, 3.8) is 0 Å². The molecule has 0 fully saturated rings. The van der Waals surface area contributed by atoms with Crippen molar-refractivity contribution in [2.45, 2.75) is 26.2 Å². The molecular formula is C9H11N3. The second-order valence-corrected chi connectivity index (χ2v) is 3.22. The maximum atomic E-state index is 4.27. The molecule has 3 nitrogen and oxygen atoms in total. The highest BCUT2D eigenvalue weighted by atomic mass is 14.9. The van der Waals surface area contributed by atoms with Crippen molar-refractivity contribution in [3.05, 3.63) is 17.7 Å². The molecule has 0 N–H and O–H groups in total. The highest BCUT2D eigenvalue weighted by Gasteiger charge is 2.15. The molecule has 1 aromatic heterocycles. The van der Waals surface area contributed by atoms with Gasteiger partial charge in [0.1, 0.15) is 12.0 Å². The zero-order valence-electron chi connectivity index (χ0n) is 7.28. The van der Waals surface area contributed by atoms with Crippen molar-refractivity contribution in [3.8, 4) is 0 Å². The summed E-state index contributed by atoms with van der Waals surface area (Å²) in [6.07, 6.45) is 4.38. The lowest BCUT2D eigenvalue weighted by atomic mass is 10.1. The quantitative estimate of drug-likeness (QED) is 0.630. The minimum Gasteiger partial charge on any atom is -0.257 e. The Morgan fingerprint density at radius 3 is 2.92 bits per heavy atom. The van der Waals surface area contributed by atoms with Crippen LogP contribution in [0.4, 0.5) is 5.69 Å². The number of aliphatic imine (C=N–C) groups is 1. The van der Waals surface area contributed by atoms with Crippen molar-refractivity contribution in [2.24, 2.45) is 4.99 Å². The zero-order valence-corrected chi connectivity index (χ0v) is 7.28. The van der Waals surface area contributed by atoms with Crippen LogP contribution in [0.15, 0.2) is 11.3 Å². The minimum absolute atomic E-state index is 0.428. The van der Waals surface area contributed by atoms with Gasteiger partial charge in [0.25, 0.3) is 0 Å². The highest BCUT2D eigenvalue weighted by Crippen LogP contribution is 2.29. The van der Waals surface area contributed by atoms with Crippen LogP contribution in [0.5, 0.6) is 0 Å². The molecule has 0 aliphatic carbocycles. The summed E-state index contributed by atoms with van der Waals surface area (Å²) in [5.74, 6) is 0.428. The van der Waals surface area contributed by atoms with E-state index in [4.69, 9.17) is 0 Å². The van der Waals surface area contributed by atoms with Gasteiger partial charge < -0.3 is 0 Å². The number of nitrogens with zero attached hydrogens (tertiary/aromatic N) is 3. The summed E-state index contributed by atoms with van der Waals surface area (Å²) in [5.41, 5.74) is 3.12. The lowest BCUT2D eigenvalue weighted by Gasteiger charge is -2.06. The van der Waals surface area contributed by atoms with E-state index in [1.54, 1.807) is 6.33 Å². The molecule has 0 bridgehead atoms. The zero-order chi connectivity index (χ0) is 8.55. The largest absolute Gasteiger partial charge is 0.257 e. The summed E-state index contributed by atoms with van der Waals surface area (Å²) in [4.78, 5) is 12.7. The minimum atomic E-state index is 0.428. The number of rotatable bonds is 1. The predicted molar refractivity (Wildman–Crippen MR) is 48.0 cm³/mol. The SMILES string of the molecule is CC(C)c1ncnc2c1N=CC2. The molecule has 12 heavy (non-hydrogen) atoms. The first kappa shape index (κ1) is 7.40. The third-order valence-electron chi connectivity index (χ3n) is 1.98. The molecule has 0 amide bonds. The Labute approximate surface area is 71.6 Å². The molecular weight excluding hydrogens is 150 g/mol. The molecule has 0 unspecified atom stereocenters. The van der Waals surface area contributed by atoms with E-state index in [0.29, 0.717) is 5.92 Å². The predicted octanol–water partition coefficient (Wildman–Crippen LogP) is 1.86. The molecule has 0 saturated heterocycles. The smallest absolute Gasteiger partial charge is 0.116 e. The van der Waals surface area contributed by atoms with Gasteiger partial charge in [-0.25, -0.2) is 9.97 Å². The third kappa shape index (κ3) is 1.02. The molecule has 3 heteroatoms. The van der Waals surface area contributed by atoms with Gasteiger partial charge in [0.05, 0.1) is 11.4 Å². The molecule has 1 aromatic rings. The van der Waals surface area contributed by atoms with Gasteiger partial charge in [-0.1, -0.05) is 13.8 Å². The second-order valence-electron chi connectivity index (χ2n) is 3.22. The molecule has 2 rings (SSSR count). The lowest BCUT2D eigenvalue weighted by Crippen LogP contribution is -1.96. The maximum Gasteiger partial charge on any atom is 0.116 e. The van der Waals surface area contributed by atoms with Crippen molar-refractivity contribution >= 4 is 11.9 Å². The lowest BCUT2D eigenvalue weighted by molar-refractivity contribution is 0.811. The monoisotopic (exact) mass is 161 g/mol. The van der Waals surface area contributed by atoms with Gasteiger partial charge in [0.15, 0.2) is 0 Å². The number of hydrogen-bond donors (Lipinski definition) is 0. The van der Waals surface area contributed by atoms with Crippen LogP contribution in [-0.4, -0.2) is 16.2 Å². The third-order valence-corrected chi connectivity index (χ3v) is 1.98. The first-order valence-corrected chi connectivity index (χ1v) is 4.15. The van der Waals surface area contributed by atoms with Crippen molar-refractivity contribution in [1.29, 1.82) is 0 Å². The molecule has 62 valence electrons. The normalized spacial score (nSPS) is 13.9. The maximum absolute atomic E-state index is 4.27. The highest BCUT2D eigenvalue weighted by molar-refractivity contribution is 5.75. The molecule has 0 saturated carbocycles. The summed E-state index contributed by atoms with van der Waals surface area (Å²) in [5, 5.41) is 0. The Morgan fingerprint density at radius 2 is 2.17 bits per heavy atom. The Balaban J connectivity index is 2.56. The van der Waals surface area contributed by atoms with Crippen LogP contribution in [0.1, 0.15) is 31.2 Å². The molecule has 1 aliphatic heterocycles. The van der Waals surface area contributed by atoms with Crippen molar-refractivity contribution < 1.29 is 0 Å². The summed E-state index contributed by atoms with van der Waals surface area (Å²) < 4.78 is 0. The van der Waals surface area contributed by atoms with Gasteiger partial charge in [-0.3, -0.25) is 4.99 Å². The first-order chi connectivity index (χ1) is 5.79. The molecule has 1 aliphatic rings. The average Bonchev–Trinajstić information content (AvgIpc) is 2.49. The molecule has 0 atom stereocenters. The Morgan fingerprint density at radius 1 is 1.33 bits per heavy atom. The van der Waals surface area contributed by atoms with Crippen LogP contribution in [0.3, 0.4) is 0 Å². The topological polar surface area (TPSA) is 38.1 Å². The van der Waals surface area contributed by atoms with E-state index in [1.807, 2.05) is 6.21 Å². The van der Waals surface area contributed by atoms with Gasteiger partial charge in [-0.05, 0) is 5.92 Å². The van der Waals surface area contributed by atoms with E-state index < -0.39 is 0 Å². The number of fused-ring (bicyclic) bond motifs is 1. The van der Waals surface area contributed by atoms with E-state index in [-0.39, 0.29) is 0 Å².